The van der Waals surface area contributed by atoms with E-state index in [9.17, 15) is 9.59 Å². The third-order valence-electron chi connectivity index (χ3n) is 2.68. The van der Waals surface area contributed by atoms with E-state index in [4.69, 9.17) is 16.3 Å². The van der Waals surface area contributed by atoms with Crippen molar-refractivity contribution in [2.75, 3.05) is 11.9 Å². The van der Waals surface area contributed by atoms with Crippen molar-refractivity contribution in [1.29, 1.82) is 0 Å². The van der Waals surface area contributed by atoms with Gasteiger partial charge in [0.1, 0.15) is 10.6 Å². The molecule has 0 saturated heterocycles. The van der Waals surface area contributed by atoms with E-state index in [-0.39, 0.29) is 11.7 Å². The van der Waals surface area contributed by atoms with Crippen LogP contribution in [0.5, 0.6) is 5.75 Å². The van der Waals surface area contributed by atoms with Crippen molar-refractivity contribution in [3.05, 3.63) is 39.3 Å². The summed E-state index contributed by atoms with van der Waals surface area (Å²) in [4.78, 5) is 27.6. The van der Waals surface area contributed by atoms with Crippen LogP contribution in [0.3, 0.4) is 0 Å². The summed E-state index contributed by atoms with van der Waals surface area (Å²) >= 11 is 7.17. The number of anilines is 1. The molecule has 0 spiro atoms. The molecule has 1 aromatic heterocycles. The minimum Gasteiger partial charge on any atom is -0.492 e. The average molecular weight is 339 g/mol. The maximum atomic E-state index is 12.1. The second kappa shape index (κ2) is 7.38. The molecule has 1 aromatic carbocycles. The summed E-state index contributed by atoms with van der Waals surface area (Å²) in [6, 6.07) is 5.04. The Kier molecular flexibility index (Phi) is 5.51. The molecular weight excluding hydrogens is 324 g/mol. The SMILES string of the molecule is CCCOc1ccc(NC(=O)c2cnc(C(C)=O)s2)cc1Cl. The van der Waals surface area contributed by atoms with Crippen LogP contribution in [-0.4, -0.2) is 23.3 Å². The minimum atomic E-state index is -0.330. The Morgan fingerprint density at radius 2 is 2.18 bits per heavy atom. The molecule has 2 rings (SSSR count). The van der Waals surface area contributed by atoms with Crippen LogP contribution in [0.15, 0.2) is 24.4 Å². The molecule has 0 saturated carbocycles. The quantitative estimate of drug-likeness (QED) is 0.807. The van der Waals surface area contributed by atoms with Crippen LogP contribution in [-0.2, 0) is 0 Å². The average Bonchev–Trinajstić information content (AvgIpc) is 2.96. The third kappa shape index (κ3) is 4.05. The number of amides is 1. The molecule has 0 aliphatic heterocycles. The zero-order chi connectivity index (χ0) is 16.1. The van der Waals surface area contributed by atoms with E-state index < -0.39 is 0 Å². The molecule has 0 atom stereocenters. The van der Waals surface area contributed by atoms with Crippen molar-refractivity contribution in [2.24, 2.45) is 0 Å². The van der Waals surface area contributed by atoms with Gasteiger partial charge in [0.2, 0.25) is 0 Å². The number of aromatic nitrogens is 1. The van der Waals surface area contributed by atoms with Gasteiger partial charge < -0.3 is 10.1 Å². The van der Waals surface area contributed by atoms with Crippen molar-refractivity contribution in [1.82, 2.24) is 4.98 Å². The fraction of sp³-hybridized carbons (Fsp3) is 0.267. The zero-order valence-electron chi connectivity index (χ0n) is 12.2. The van der Waals surface area contributed by atoms with Gasteiger partial charge in [-0.3, -0.25) is 9.59 Å². The van der Waals surface area contributed by atoms with Crippen LogP contribution in [0.2, 0.25) is 5.02 Å². The Labute approximate surface area is 137 Å². The van der Waals surface area contributed by atoms with Crippen LogP contribution in [0, 0.1) is 0 Å². The molecule has 2 aromatic rings. The van der Waals surface area contributed by atoms with Crippen molar-refractivity contribution < 1.29 is 14.3 Å². The number of rotatable bonds is 6. The number of Topliss-reactive ketones (excluding diaryl/α,β-unsaturated/α-hetero) is 1. The highest BCUT2D eigenvalue weighted by molar-refractivity contribution is 7.15. The normalized spacial score (nSPS) is 10.3. The summed E-state index contributed by atoms with van der Waals surface area (Å²) in [7, 11) is 0. The van der Waals surface area contributed by atoms with Crippen molar-refractivity contribution in [3.63, 3.8) is 0 Å². The fourth-order valence-electron chi connectivity index (χ4n) is 1.64. The number of thiazole rings is 1. The van der Waals surface area contributed by atoms with E-state index in [1.54, 1.807) is 18.2 Å². The van der Waals surface area contributed by atoms with E-state index in [2.05, 4.69) is 10.3 Å². The van der Waals surface area contributed by atoms with Gasteiger partial charge in [0.05, 0.1) is 17.8 Å². The van der Waals surface area contributed by atoms with E-state index in [1.165, 1.54) is 13.1 Å². The second-order valence-corrected chi connectivity index (χ2v) is 5.97. The highest BCUT2D eigenvalue weighted by Crippen LogP contribution is 2.28. The lowest BCUT2D eigenvalue weighted by Gasteiger charge is -2.09. The van der Waals surface area contributed by atoms with Gasteiger partial charge in [-0.2, -0.15) is 0 Å². The maximum Gasteiger partial charge on any atom is 0.267 e. The topological polar surface area (TPSA) is 68.3 Å². The second-order valence-electron chi connectivity index (χ2n) is 4.53. The van der Waals surface area contributed by atoms with Gasteiger partial charge in [-0.25, -0.2) is 4.98 Å². The molecule has 0 fully saturated rings. The van der Waals surface area contributed by atoms with Gasteiger partial charge in [-0.15, -0.1) is 11.3 Å². The first-order chi connectivity index (χ1) is 10.5. The Morgan fingerprint density at radius 3 is 2.77 bits per heavy atom. The molecule has 1 amide bonds. The molecule has 22 heavy (non-hydrogen) atoms. The molecule has 0 unspecified atom stereocenters. The molecule has 0 bridgehead atoms. The lowest BCUT2D eigenvalue weighted by molar-refractivity contribution is 0.101. The smallest absolute Gasteiger partial charge is 0.267 e. The van der Waals surface area contributed by atoms with Crippen LogP contribution < -0.4 is 10.1 Å². The van der Waals surface area contributed by atoms with Gasteiger partial charge in [0, 0.05) is 12.6 Å². The lowest BCUT2D eigenvalue weighted by atomic mass is 10.3. The van der Waals surface area contributed by atoms with Gasteiger partial charge in [0.25, 0.3) is 5.91 Å². The summed E-state index contributed by atoms with van der Waals surface area (Å²) in [6.07, 6.45) is 2.27. The Balaban J connectivity index is 2.07. The third-order valence-corrected chi connectivity index (χ3v) is 4.07. The van der Waals surface area contributed by atoms with Crippen molar-refractivity contribution in [3.8, 4) is 5.75 Å². The number of ketones is 1. The number of benzene rings is 1. The number of nitrogens with one attached hydrogen (secondary N) is 1. The molecule has 1 N–H and O–H groups in total. The van der Waals surface area contributed by atoms with E-state index in [0.29, 0.717) is 33.0 Å². The molecule has 7 heteroatoms. The summed E-state index contributed by atoms with van der Waals surface area (Å²) in [5.74, 6) is 0.0889. The van der Waals surface area contributed by atoms with Gasteiger partial charge in [-0.05, 0) is 24.6 Å². The summed E-state index contributed by atoms with van der Waals surface area (Å²) in [6.45, 7) is 4.00. The molecule has 5 nitrogen and oxygen atoms in total. The van der Waals surface area contributed by atoms with Crippen LogP contribution in [0.25, 0.3) is 0 Å². The molecule has 116 valence electrons. The standard InChI is InChI=1S/C15H15ClN2O3S/c1-3-6-21-12-5-4-10(7-11(12)16)18-14(20)13-8-17-15(22-13)9(2)19/h4-5,7-8H,3,6H2,1-2H3,(H,18,20). The first kappa shape index (κ1) is 16.5. The first-order valence-corrected chi connectivity index (χ1v) is 7.91. The summed E-state index contributed by atoms with van der Waals surface area (Å²) < 4.78 is 5.47. The van der Waals surface area contributed by atoms with Crippen LogP contribution in [0.1, 0.15) is 39.7 Å². The molecule has 0 aliphatic rings. The Bertz CT molecular complexity index is 700. The molecule has 0 aliphatic carbocycles. The number of halogens is 1. The monoisotopic (exact) mass is 338 g/mol. The van der Waals surface area contributed by atoms with E-state index in [1.807, 2.05) is 6.92 Å². The van der Waals surface area contributed by atoms with E-state index in [0.717, 1.165) is 17.8 Å². The lowest BCUT2D eigenvalue weighted by Crippen LogP contribution is -2.10. The van der Waals surface area contributed by atoms with Crippen LogP contribution >= 0.6 is 22.9 Å². The number of carbonyl (C=O) groups is 2. The van der Waals surface area contributed by atoms with E-state index >= 15 is 0 Å². The number of ether oxygens (including phenoxy) is 1. The van der Waals surface area contributed by atoms with Gasteiger partial charge in [-0.1, -0.05) is 18.5 Å². The molecule has 1 heterocycles. The summed E-state index contributed by atoms with van der Waals surface area (Å²) in [5, 5.41) is 3.46. The minimum absolute atomic E-state index is 0.162. The predicted octanol–water partition coefficient (Wildman–Crippen LogP) is 4.04. The van der Waals surface area contributed by atoms with Gasteiger partial charge >= 0.3 is 0 Å². The zero-order valence-corrected chi connectivity index (χ0v) is 13.8. The van der Waals surface area contributed by atoms with Crippen molar-refractivity contribution in [2.45, 2.75) is 20.3 Å². The fourth-order valence-corrected chi connectivity index (χ4v) is 2.58. The number of carbonyl (C=O) groups excluding carboxylic acids is 2. The Hall–Kier alpha value is -1.92. The summed E-state index contributed by atoms with van der Waals surface area (Å²) in [5.41, 5.74) is 0.552. The highest BCUT2D eigenvalue weighted by Gasteiger charge is 2.13. The molecule has 0 radical (unpaired) electrons. The number of hydrogen-bond acceptors (Lipinski definition) is 5. The van der Waals surface area contributed by atoms with Gasteiger partial charge in [0.15, 0.2) is 10.8 Å². The first-order valence-electron chi connectivity index (χ1n) is 6.71. The predicted molar refractivity (Wildman–Crippen MR) is 87.3 cm³/mol. The van der Waals surface area contributed by atoms with Crippen LogP contribution in [0.4, 0.5) is 5.69 Å². The maximum absolute atomic E-state index is 12.1. The largest absolute Gasteiger partial charge is 0.492 e. The Morgan fingerprint density at radius 1 is 1.41 bits per heavy atom. The number of hydrogen-bond donors (Lipinski definition) is 1. The highest BCUT2D eigenvalue weighted by atomic mass is 35.5. The van der Waals surface area contributed by atoms with Crippen molar-refractivity contribution >= 4 is 40.3 Å². The molecular formula is C15H15ClN2O3S. The number of nitrogens with zero attached hydrogens (tertiary/aromatic N) is 1.